The van der Waals surface area contributed by atoms with E-state index in [4.69, 9.17) is 9.47 Å². The molecular weight excluding hydrogens is 472 g/mol. The molecule has 1 aliphatic heterocycles. The van der Waals surface area contributed by atoms with Crippen molar-refractivity contribution >= 4 is 48.7 Å². The average molecular weight is 486 g/mol. The van der Waals surface area contributed by atoms with E-state index in [9.17, 15) is 5.26 Å². The van der Waals surface area contributed by atoms with E-state index in [0.717, 1.165) is 21.9 Å². The molecule has 0 aromatic heterocycles. The summed E-state index contributed by atoms with van der Waals surface area (Å²) < 4.78 is 14.5. The van der Waals surface area contributed by atoms with Crippen molar-refractivity contribution in [3.8, 4) is 17.6 Å². The first-order chi connectivity index (χ1) is 13.1. The summed E-state index contributed by atoms with van der Waals surface area (Å²) in [5.41, 5.74) is 1.81. The Labute approximate surface area is 173 Å². The van der Waals surface area contributed by atoms with Crippen molar-refractivity contribution in [2.24, 2.45) is 4.02 Å². The molecule has 1 heterocycles. The van der Waals surface area contributed by atoms with Gasteiger partial charge in [-0.2, -0.15) is 9.28 Å². The van der Waals surface area contributed by atoms with Gasteiger partial charge in [0.2, 0.25) is 5.90 Å². The third-order valence-electron chi connectivity index (χ3n) is 4.82. The lowest BCUT2D eigenvalue weighted by atomic mass is 9.76. The number of fused-ring (bicyclic) bond motifs is 3. The molecule has 4 nitrogen and oxygen atoms in total. The van der Waals surface area contributed by atoms with Gasteiger partial charge in [-0.1, -0.05) is 64.5 Å². The van der Waals surface area contributed by atoms with Crippen LogP contribution in [0.5, 0.6) is 11.5 Å². The zero-order valence-corrected chi connectivity index (χ0v) is 17.5. The highest BCUT2D eigenvalue weighted by Crippen LogP contribution is 2.53. The van der Waals surface area contributed by atoms with Gasteiger partial charge in [-0.05, 0) is 22.9 Å². The Morgan fingerprint density at radius 1 is 1.11 bits per heavy atom. The summed E-state index contributed by atoms with van der Waals surface area (Å²) in [4.78, 5) is 0. The lowest BCUT2D eigenvalue weighted by molar-refractivity contribution is 0.403. The lowest BCUT2D eigenvalue weighted by Crippen LogP contribution is -2.44. The van der Waals surface area contributed by atoms with Crippen LogP contribution in [0.2, 0.25) is 0 Å². The molecule has 0 aliphatic carbocycles. The first-order valence-electron chi connectivity index (χ1n) is 8.26. The van der Waals surface area contributed by atoms with Crippen LogP contribution in [0.25, 0.3) is 10.8 Å². The zero-order valence-electron chi connectivity index (χ0n) is 14.3. The summed E-state index contributed by atoms with van der Waals surface area (Å²) in [6.45, 7) is 0. The summed E-state index contributed by atoms with van der Waals surface area (Å²) in [6.07, 6.45) is 0. The van der Waals surface area contributed by atoms with E-state index in [-0.39, 0.29) is 11.8 Å². The Hall–Kier alpha value is -2.36. The summed E-state index contributed by atoms with van der Waals surface area (Å²) in [5.74, 6) is 1.25. The number of rotatable bonds is 2. The molecule has 27 heavy (non-hydrogen) atoms. The van der Waals surface area contributed by atoms with Gasteiger partial charge in [0.1, 0.15) is 11.5 Å². The molecule has 0 bridgehead atoms. The minimum atomic E-state index is -1.19. The van der Waals surface area contributed by atoms with Gasteiger partial charge >= 0.3 is 0 Å². The summed E-state index contributed by atoms with van der Waals surface area (Å²) in [7, 11) is 1.63. The Bertz CT molecular complexity index is 1110. The number of alkyl halides is 1. The fourth-order valence-corrected chi connectivity index (χ4v) is 4.86. The molecule has 4 rings (SSSR count). The van der Waals surface area contributed by atoms with Gasteiger partial charge in [0, 0.05) is 11.1 Å². The Balaban J connectivity index is 2.13. The van der Waals surface area contributed by atoms with Crippen molar-refractivity contribution in [2.45, 2.75) is 10.2 Å². The van der Waals surface area contributed by atoms with Crippen LogP contribution in [0.15, 0.2) is 64.7 Å². The Morgan fingerprint density at radius 3 is 2.59 bits per heavy atom. The van der Waals surface area contributed by atoms with Gasteiger partial charge in [0.25, 0.3) is 0 Å². The fourth-order valence-electron chi connectivity index (χ4n) is 3.63. The molecule has 0 fully saturated rings. The predicted octanol–water partition coefficient (Wildman–Crippen LogP) is 5.74. The maximum atomic E-state index is 10.1. The second-order valence-electron chi connectivity index (χ2n) is 6.19. The number of hydrogen-bond acceptors (Lipinski definition) is 4. The van der Waals surface area contributed by atoms with Gasteiger partial charge in [0.15, 0.2) is 4.32 Å². The topological polar surface area (TPSA) is 54.6 Å². The van der Waals surface area contributed by atoms with Crippen molar-refractivity contribution in [3.05, 3.63) is 71.8 Å². The summed E-state index contributed by atoms with van der Waals surface area (Å²) >= 11 is 6.76. The lowest BCUT2D eigenvalue weighted by Gasteiger charge is -2.37. The highest BCUT2D eigenvalue weighted by atomic mass is 79.9. The SMILES string of the molecule is COc1ccccc1[C@H]1c2c(ccc3ccccc23)O/C(=N\Br)[C@@]1(Br)C#N. The maximum absolute atomic E-state index is 10.1. The zero-order chi connectivity index (χ0) is 19.0. The Kier molecular flexibility index (Phi) is 4.67. The van der Waals surface area contributed by atoms with Gasteiger partial charge in [-0.15, -0.1) is 0 Å². The number of nitrogens with zero attached hydrogens (tertiary/aromatic N) is 2. The molecular formula is C21H14Br2N2O2. The van der Waals surface area contributed by atoms with E-state index in [1.54, 1.807) is 7.11 Å². The molecule has 0 amide bonds. The van der Waals surface area contributed by atoms with E-state index < -0.39 is 4.32 Å². The smallest absolute Gasteiger partial charge is 0.233 e. The number of methoxy groups -OCH3 is 1. The molecule has 3 aromatic carbocycles. The highest BCUT2D eigenvalue weighted by molar-refractivity contribution is 9.10. The second-order valence-corrected chi connectivity index (χ2v) is 7.79. The van der Waals surface area contributed by atoms with Crippen LogP contribution < -0.4 is 9.47 Å². The molecule has 0 N–H and O–H groups in total. The molecule has 0 saturated heterocycles. The molecule has 0 spiro atoms. The second kappa shape index (κ2) is 6.99. The molecule has 0 radical (unpaired) electrons. The van der Waals surface area contributed by atoms with Crippen molar-refractivity contribution in [2.75, 3.05) is 7.11 Å². The first kappa shape index (κ1) is 18.0. The van der Waals surface area contributed by atoms with E-state index >= 15 is 0 Å². The summed E-state index contributed by atoms with van der Waals surface area (Å²) in [6, 6.07) is 22.1. The normalized spacial score (nSPS) is 22.7. The molecule has 0 saturated carbocycles. The van der Waals surface area contributed by atoms with Crippen LogP contribution in [0.3, 0.4) is 0 Å². The number of halogens is 2. The minimum Gasteiger partial charge on any atom is -0.496 e. The average Bonchev–Trinajstić information content (AvgIpc) is 2.73. The van der Waals surface area contributed by atoms with Crippen LogP contribution in [-0.2, 0) is 0 Å². The van der Waals surface area contributed by atoms with Gasteiger partial charge in [0.05, 0.1) is 35.2 Å². The molecule has 2 atom stereocenters. The fraction of sp³-hybridized carbons (Fsp3) is 0.143. The van der Waals surface area contributed by atoms with E-state index in [1.165, 1.54) is 0 Å². The van der Waals surface area contributed by atoms with Crippen molar-refractivity contribution < 1.29 is 9.47 Å². The standard InChI is InChI=1S/C21H14Br2N2O2/c1-26-16-9-5-4-8-15(16)19-18-14-7-3-2-6-13(14)10-11-17(18)27-20(25-23)21(19,22)12-24/h2-11,19H,1H3/b25-20-/t19-,21+/m0/s1. The first-order valence-corrected chi connectivity index (χ1v) is 9.76. The number of nitriles is 1. The molecule has 1 aliphatic rings. The predicted molar refractivity (Wildman–Crippen MR) is 113 cm³/mol. The van der Waals surface area contributed by atoms with Crippen molar-refractivity contribution in [1.29, 1.82) is 5.26 Å². The van der Waals surface area contributed by atoms with E-state index in [0.29, 0.717) is 11.5 Å². The summed E-state index contributed by atoms with van der Waals surface area (Å²) in [5, 5.41) is 12.2. The third-order valence-corrected chi connectivity index (χ3v) is 6.12. The van der Waals surface area contributed by atoms with Crippen molar-refractivity contribution in [3.63, 3.8) is 0 Å². The molecule has 3 aromatic rings. The van der Waals surface area contributed by atoms with E-state index in [2.05, 4.69) is 42.2 Å². The quantitative estimate of drug-likeness (QED) is 0.435. The van der Waals surface area contributed by atoms with Crippen LogP contribution in [0.1, 0.15) is 17.0 Å². The largest absolute Gasteiger partial charge is 0.496 e. The van der Waals surface area contributed by atoms with Crippen LogP contribution in [0, 0.1) is 11.3 Å². The van der Waals surface area contributed by atoms with E-state index in [1.807, 2.05) is 60.7 Å². The minimum absolute atomic E-state index is 0.253. The Morgan fingerprint density at radius 2 is 1.85 bits per heavy atom. The van der Waals surface area contributed by atoms with Crippen LogP contribution >= 0.6 is 32.1 Å². The number of para-hydroxylation sites is 1. The maximum Gasteiger partial charge on any atom is 0.233 e. The monoisotopic (exact) mass is 484 g/mol. The molecule has 134 valence electrons. The number of hydrogen-bond donors (Lipinski definition) is 0. The molecule has 6 heteroatoms. The number of benzene rings is 3. The van der Waals surface area contributed by atoms with Gasteiger partial charge in [-0.25, -0.2) is 0 Å². The van der Waals surface area contributed by atoms with Crippen molar-refractivity contribution in [1.82, 2.24) is 0 Å². The number of ether oxygens (including phenoxy) is 2. The van der Waals surface area contributed by atoms with Gasteiger partial charge < -0.3 is 9.47 Å². The van der Waals surface area contributed by atoms with Gasteiger partial charge in [-0.3, -0.25) is 0 Å². The third kappa shape index (κ3) is 2.73. The molecule has 0 unspecified atom stereocenters. The highest BCUT2D eigenvalue weighted by Gasteiger charge is 2.51. The van der Waals surface area contributed by atoms with Crippen LogP contribution in [-0.4, -0.2) is 17.3 Å². The van der Waals surface area contributed by atoms with Crippen LogP contribution in [0.4, 0.5) is 0 Å².